The van der Waals surface area contributed by atoms with E-state index in [4.69, 9.17) is 0 Å². The van der Waals surface area contributed by atoms with Crippen molar-refractivity contribution in [2.75, 3.05) is 44.2 Å². The third-order valence-electron chi connectivity index (χ3n) is 6.72. The highest BCUT2D eigenvalue weighted by molar-refractivity contribution is 7.89. The molecule has 2 saturated heterocycles. The van der Waals surface area contributed by atoms with Crippen LogP contribution in [0.1, 0.15) is 29.5 Å². The number of pyridine rings is 1. The molecule has 1 aromatic carbocycles. The van der Waals surface area contributed by atoms with Crippen LogP contribution in [-0.2, 0) is 14.8 Å². The van der Waals surface area contributed by atoms with Crippen LogP contribution in [0.5, 0.6) is 0 Å². The number of nitrogens with zero attached hydrogens (tertiary/aromatic N) is 5. The average molecular weight is 468 g/mol. The van der Waals surface area contributed by atoms with Crippen molar-refractivity contribution in [2.45, 2.75) is 31.6 Å². The van der Waals surface area contributed by atoms with Crippen molar-refractivity contribution >= 4 is 21.7 Å². The van der Waals surface area contributed by atoms with Gasteiger partial charge in [-0.1, -0.05) is 6.07 Å². The van der Waals surface area contributed by atoms with E-state index in [9.17, 15) is 18.5 Å². The first-order valence-electron chi connectivity index (χ1n) is 11.3. The van der Waals surface area contributed by atoms with Crippen LogP contribution >= 0.6 is 0 Å². The van der Waals surface area contributed by atoms with E-state index in [2.05, 4.69) is 11.1 Å². The lowest BCUT2D eigenvalue weighted by molar-refractivity contribution is -0.137. The Labute approximate surface area is 195 Å². The van der Waals surface area contributed by atoms with E-state index in [0.717, 1.165) is 11.1 Å². The summed E-state index contributed by atoms with van der Waals surface area (Å²) in [6, 6.07) is 10.9. The molecule has 33 heavy (non-hydrogen) atoms. The minimum Gasteiger partial charge on any atom is -0.352 e. The summed E-state index contributed by atoms with van der Waals surface area (Å²) in [6.45, 7) is 6.96. The minimum absolute atomic E-state index is 0.0967. The molecule has 2 aliphatic heterocycles. The quantitative estimate of drug-likeness (QED) is 0.685. The number of nitriles is 1. The Bertz CT molecular complexity index is 1170. The van der Waals surface area contributed by atoms with E-state index in [1.807, 2.05) is 29.7 Å². The summed E-state index contributed by atoms with van der Waals surface area (Å²) in [5.74, 6) is 0.601. The molecule has 8 nitrogen and oxygen atoms in total. The summed E-state index contributed by atoms with van der Waals surface area (Å²) in [7, 11) is -3.55. The Hall–Kier alpha value is -2.96. The van der Waals surface area contributed by atoms with Gasteiger partial charge in [0.05, 0.1) is 10.5 Å². The van der Waals surface area contributed by atoms with Crippen LogP contribution in [0.2, 0.25) is 0 Å². The molecule has 4 rings (SSSR count). The fourth-order valence-corrected chi connectivity index (χ4v) is 6.06. The number of hydrogen-bond acceptors (Lipinski definition) is 6. The second-order valence-corrected chi connectivity index (χ2v) is 10.7. The lowest BCUT2D eigenvalue weighted by Crippen LogP contribution is -2.52. The molecule has 1 amide bonds. The number of aromatic nitrogens is 1. The fraction of sp³-hybridized carbons (Fsp3) is 0.458. The molecule has 0 spiro atoms. The van der Waals surface area contributed by atoms with Crippen molar-refractivity contribution in [1.82, 2.24) is 14.2 Å². The van der Waals surface area contributed by atoms with Gasteiger partial charge in [-0.25, -0.2) is 13.4 Å². The molecule has 2 aliphatic rings. The predicted molar refractivity (Wildman–Crippen MR) is 125 cm³/mol. The van der Waals surface area contributed by atoms with E-state index in [1.54, 1.807) is 30.5 Å². The van der Waals surface area contributed by atoms with Gasteiger partial charge < -0.3 is 9.80 Å². The first kappa shape index (κ1) is 23.2. The summed E-state index contributed by atoms with van der Waals surface area (Å²) in [5.41, 5.74) is 2.55. The van der Waals surface area contributed by atoms with Gasteiger partial charge in [-0.3, -0.25) is 4.79 Å². The second kappa shape index (κ2) is 9.49. The number of carbonyl (C=O) groups is 1. The smallest absolute Gasteiger partial charge is 0.243 e. The first-order valence-corrected chi connectivity index (χ1v) is 12.7. The molecule has 3 heterocycles. The molecule has 2 aromatic rings. The van der Waals surface area contributed by atoms with Crippen molar-refractivity contribution in [3.8, 4) is 6.07 Å². The SMILES string of the molecule is Cc1ccc(S(=O)(=O)N2CCC(C(=O)N3CCN(c4ncccc4C#N)CC3)CC2)cc1C. The molecule has 9 heteroatoms. The molecule has 1 aromatic heterocycles. The normalized spacial score (nSPS) is 18.2. The maximum absolute atomic E-state index is 13.1. The Kier molecular flexibility index (Phi) is 6.68. The summed E-state index contributed by atoms with van der Waals surface area (Å²) in [6.07, 6.45) is 2.73. The summed E-state index contributed by atoms with van der Waals surface area (Å²) in [4.78, 5) is 21.7. The first-order chi connectivity index (χ1) is 15.8. The fourth-order valence-electron chi connectivity index (χ4n) is 4.50. The monoisotopic (exact) mass is 467 g/mol. The molecule has 0 saturated carbocycles. The largest absolute Gasteiger partial charge is 0.352 e. The second-order valence-electron chi connectivity index (χ2n) is 8.72. The number of hydrogen-bond donors (Lipinski definition) is 0. The highest BCUT2D eigenvalue weighted by Crippen LogP contribution is 2.27. The average Bonchev–Trinajstić information content (AvgIpc) is 2.85. The van der Waals surface area contributed by atoms with Gasteiger partial charge in [0.2, 0.25) is 15.9 Å². The van der Waals surface area contributed by atoms with E-state index in [0.29, 0.717) is 68.4 Å². The number of piperidine rings is 1. The van der Waals surface area contributed by atoms with E-state index < -0.39 is 10.0 Å². The van der Waals surface area contributed by atoms with Gasteiger partial charge in [0.25, 0.3) is 0 Å². The molecule has 0 N–H and O–H groups in total. The lowest BCUT2D eigenvalue weighted by atomic mass is 9.96. The zero-order valence-corrected chi connectivity index (χ0v) is 19.9. The molecule has 0 aliphatic carbocycles. The van der Waals surface area contributed by atoms with Crippen LogP contribution in [-0.4, -0.2) is 67.8 Å². The summed E-state index contributed by atoms with van der Waals surface area (Å²) >= 11 is 0. The number of sulfonamides is 1. The van der Waals surface area contributed by atoms with Gasteiger partial charge in [-0.05, 0) is 62.1 Å². The van der Waals surface area contributed by atoms with Crippen molar-refractivity contribution in [3.63, 3.8) is 0 Å². The van der Waals surface area contributed by atoms with Crippen LogP contribution in [0.25, 0.3) is 0 Å². The van der Waals surface area contributed by atoms with Gasteiger partial charge in [0.15, 0.2) is 0 Å². The van der Waals surface area contributed by atoms with Gasteiger partial charge in [-0.15, -0.1) is 0 Å². The van der Waals surface area contributed by atoms with Gasteiger partial charge in [0.1, 0.15) is 11.9 Å². The van der Waals surface area contributed by atoms with Crippen molar-refractivity contribution < 1.29 is 13.2 Å². The predicted octanol–water partition coefficient (Wildman–Crippen LogP) is 2.32. The molecule has 0 unspecified atom stereocenters. The minimum atomic E-state index is -3.55. The molecule has 2 fully saturated rings. The van der Waals surface area contributed by atoms with Crippen molar-refractivity contribution in [2.24, 2.45) is 5.92 Å². The Morgan fingerprint density at radius 2 is 1.73 bits per heavy atom. The number of amides is 1. The van der Waals surface area contributed by atoms with Crippen LogP contribution in [0.3, 0.4) is 0 Å². The topological polar surface area (TPSA) is 97.6 Å². The number of anilines is 1. The van der Waals surface area contributed by atoms with Crippen LogP contribution in [0.4, 0.5) is 5.82 Å². The highest BCUT2D eigenvalue weighted by atomic mass is 32.2. The van der Waals surface area contributed by atoms with E-state index in [-0.39, 0.29) is 11.8 Å². The zero-order chi connectivity index (χ0) is 23.6. The van der Waals surface area contributed by atoms with Crippen LogP contribution in [0, 0.1) is 31.1 Å². The maximum Gasteiger partial charge on any atom is 0.243 e. The number of rotatable bonds is 4. The maximum atomic E-state index is 13.1. The Morgan fingerprint density at radius 3 is 2.36 bits per heavy atom. The van der Waals surface area contributed by atoms with Gasteiger partial charge >= 0.3 is 0 Å². The van der Waals surface area contributed by atoms with E-state index >= 15 is 0 Å². The molecule has 174 valence electrons. The molecular formula is C24H29N5O3S. The zero-order valence-electron chi connectivity index (χ0n) is 19.1. The van der Waals surface area contributed by atoms with Crippen molar-refractivity contribution in [3.05, 3.63) is 53.2 Å². The van der Waals surface area contributed by atoms with Gasteiger partial charge in [-0.2, -0.15) is 9.57 Å². The summed E-state index contributed by atoms with van der Waals surface area (Å²) < 4.78 is 27.6. The van der Waals surface area contributed by atoms with Crippen LogP contribution in [0.15, 0.2) is 41.4 Å². The number of piperazine rings is 1. The Morgan fingerprint density at radius 1 is 1.03 bits per heavy atom. The molecule has 0 bridgehead atoms. The third-order valence-corrected chi connectivity index (χ3v) is 8.61. The Balaban J connectivity index is 1.33. The molecule has 0 radical (unpaired) electrons. The van der Waals surface area contributed by atoms with E-state index in [1.165, 1.54) is 4.31 Å². The number of aryl methyl sites for hydroxylation is 2. The number of carbonyl (C=O) groups excluding carboxylic acids is 1. The number of benzene rings is 1. The molecule has 0 atom stereocenters. The van der Waals surface area contributed by atoms with Crippen molar-refractivity contribution in [1.29, 1.82) is 5.26 Å². The van der Waals surface area contributed by atoms with Gasteiger partial charge in [0, 0.05) is 51.4 Å². The molecular weight excluding hydrogens is 438 g/mol. The third kappa shape index (κ3) is 4.72. The lowest BCUT2D eigenvalue weighted by Gasteiger charge is -2.38. The standard InChI is InChI=1S/C24H29N5O3S/c1-18-5-6-22(16-19(18)2)33(31,32)29-10-7-20(8-11-29)24(30)28-14-12-27(13-15-28)23-21(17-25)4-3-9-26-23/h3-6,9,16,20H,7-8,10-15H2,1-2H3. The highest BCUT2D eigenvalue weighted by Gasteiger charge is 2.35. The van der Waals surface area contributed by atoms with Crippen LogP contribution < -0.4 is 4.90 Å². The summed E-state index contributed by atoms with van der Waals surface area (Å²) in [5, 5.41) is 9.31.